The summed E-state index contributed by atoms with van der Waals surface area (Å²) in [6.45, 7) is 2.91. The van der Waals surface area contributed by atoms with E-state index in [1.807, 2.05) is 0 Å². The Morgan fingerprint density at radius 1 is 1.26 bits per heavy atom. The van der Waals surface area contributed by atoms with E-state index in [4.69, 9.17) is 4.74 Å². The van der Waals surface area contributed by atoms with Crippen molar-refractivity contribution in [2.24, 2.45) is 0 Å². The van der Waals surface area contributed by atoms with Crippen molar-refractivity contribution in [3.05, 3.63) is 54.2 Å². The van der Waals surface area contributed by atoms with E-state index in [-0.39, 0.29) is 11.4 Å². The van der Waals surface area contributed by atoms with Crippen molar-refractivity contribution in [3.63, 3.8) is 0 Å². The Hall–Kier alpha value is -2.76. The van der Waals surface area contributed by atoms with Gasteiger partial charge in [-0.25, -0.2) is 18.6 Å². The highest BCUT2D eigenvalue weighted by molar-refractivity contribution is 5.88. The molecule has 6 heteroatoms. The predicted molar refractivity (Wildman–Crippen MR) is 82.6 cm³/mol. The molecule has 120 valence electrons. The highest BCUT2D eigenvalue weighted by Crippen LogP contribution is 2.29. The Morgan fingerprint density at radius 3 is 2.52 bits per heavy atom. The van der Waals surface area contributed by atoms with Gasteiger partial charge in [-0.2, -0.15) is 0 Å². The summed E-state index contributed by atoms with van der Waals surface area (Å²) in [7, 11) is 1.24. The molecule has 2 aromatic rings. The Labute approximate surface area is 132 Å². The first-order valence-electron chi connectivity index (χ1n) is 6.78. The third-order valence-electron chi connectivity index (χ3n) is 3.04. The molecule has 0 unspecified atom stereocenters. The Bertz CT molecular complexity index is 699. The number of ether oxygens (including phenoxy) is 2. The molecular weight excluding hydrogens is 304 g/mol. The lowest BCUT2D eigenvalue weighted by molar-refractivity contribution is 0.0593. The summed E-state index contributed by atoms with van der Waals surface area (Å²) in [4.78, 5) is 15.8. The third-order valence-corrected chi connectivity index (χ3v) is 3.04. The first-order chi connectivity index (χ1) is 11.0. The van der Waals surface area contributed by atoms with Gasteiger partial charge in [-0.05, 0) is 17.7 Å². The van der Waals surface area contributed by atoms with E-state index < -0.39 is 19.0 Å². The van der Waals surface area contributed by atoms with Crippen molar-refractivity contribution < 1.29 is 23.0 Å². The van der Waals surface area contributed by atoms with Crippen LogP contribution in [0.1, 0.15) is 16.1 Å². The summed E-state index contributed by atoms with van der Waals surface area (Å²) in [6, 6.07) is 9.88. The predicted octanol–water partition coefficient (Wildman–Crippen LogP) is 3.82. The number of esters is 1. The van der Waals surface area contributed by atoms with Crippen molar-refractivity contribution in [2.75, 3.05) is 13.7 Å². The molecule has 1 aromatic carbocycles. The molecule has 0 fully saturated rings. The number of nitrogens with zero attached hydrogens (tertiary/aromatic N) is 1. The van der Waals surface area contributed by atoms with Gasteiger partial charge < -0.3 is 9.47 Å². The summed E-state index contributed by atoms with van der Waals surface area (Å²) in [5.41, 5.74) is 1.89. The molecule has 0 atom stereocenters. The van der Waals surface area contributed by atoms with E-state index in [0.717, 1.165) is 5.56 Å². The lowest BCUT2D eigenvalue weighted by Crippen LogP contribution is -2.10. The van der Waals surface area contributed by atoms with Gasteiger partial charge >= 0.3 is 5.97 Å². The van der Waals surface area contributed by atoms with E-state index in [0.29, 0.717) is 11.3 Å². The molecule has 0 bridgehead atoms. The van der Waals surface area contributed by atoms with Gasteiger partial charge in [0.05, 0.1) is 7.11 Å². The lowest BCUT2D eigenvalue weighted by Gasteiger charge is -2.12. The van der Waals surface area contributed by atoms with E-state index in [2.05, 4.69) is 16.3 Å². The zero-order valence-electron chi connectivity index (χ0n) is 12.5. The van der Waals surface area contributed by atoms with Crippen LogP contribution >= 0.6 is 0 Å². The molecule has 1 heterocycles. The summed E-state index contributed by atoms with van der Waals surface area (Å²) in [6.07, 6.45) is -0.928. The Kier molecular flexibility index (Phi) is 5.41. The number of alkyl halides is 2. The first-order valence-corrected chi connectivity index (χ1v) is 6.78. The second-order valence-electron chi connectivity index (χ2n) is 4.56. The van der Waals surface area contributed by atoms with Crippen LogP contribution in [0.4, 0.5) is 8.78 Å². The number of carbonyl (C=O) groups is 1. The van der Waals surface area contributed by atoms with Crippen LogP contribution in [-0.4, -0.2) is 31.1 Å². The second-order valence-corrected chi connectivity index (χ2v) is 4.56. The highest BCUT2D eigenvalue weighted by Gasteiger charge is 2.15. The van der Waals surface area contributed by atoms with Gasteiger partial charge in [0.15, 0.2) is 0 Å². The van der Waals surface area contributed by atoms with E-state index in [1.165, 1.54) is 19.2 Å². The van der Waals surface area contributed by atoms with Crippen LogP contribution in [0.3, 0.4) is 0 Å². The zero-order chi connectivity index (χ0) is 16.8. The monoisotopic (exact) mass is 319 g/mol. The van der Waals surface area contributed by atoms with Crippen LogP contribution in [0.2, 0.25) is 0 Å². The summed E-state index contributed by atoms with van der Waals surface area (Å²) in [5, 5.41) is 0. The minimum Gasteiger partial charge on any atom is -0.485 e. The molecule has 1 aromatic heterocycles. The van der Waals surface area contributed by atoms with E-state index >= 15 is 0 Å². The smallest absolute Gasteiger partial charge is 0.356 e. The van der Waals surface area contributed by atoms with Crippen LogP contribution in [-0.2, 0) is 4.74 Å². The van der Waals surface area contributed by atoms with Crippen LogP contribution < -0.4 is 4.74 Å². The molecule has 23 heavy (non-hydrogen) atoms. The van der Waals surface area contributed by atoms with E-state index in [1.54, 1.807) is 30.3 Å². The highest BCUT2D eigenvalue weighted by atomic mass is 19.3. The van der Waals surface area contributed by atoms with Crippen LogP contribution in [0.25, 0.3) is 17.3 Å². The molecule has 0 aliphatic rings. The van der Waals surface area contributed by atoms with Crippen LogP contribution in [0.5, 0.6) is 5.75 Å². The first kappa shape index (κ1) is 16.6. The van der Waals surface area contributed by atoms with Gasteiger partial charge in [-0.1, -0.05) is 36.9 Å². The van der Waals surface area contributed by atoms with E-state index in [9.17, 15) is 13.6 Å². The number of benzene rings is 1. The average molecular weight is 319 g/mol. The zero-order valence-corrected chi connectivity index (χ0v) is 12.5. The van der Waals surface area contributed by atoms with Gasteiger partial charge in [0, 0.05) is 5.56 Å². The van der Waals surface area contributed by atoms with Gasteiger partial charge in [-0.3, -0.25) is 0 Å². The molecule has 0 aliphatic heterocycles. The number of pyridine rings is 1. The van der Waals surface area contributed by atoms with Gasteiger partial charge in [0.2, 0.25) is 0 Å². The van der Waals surface area contributed by atoms with Gasteiger partial charge in [0.1, 0.15) is 23.7 Å². The van der Waals surface area contributed by atoms with Gasteiger partial charge in [-0.15, -0.1) is 0 Å². The maximum absolute atomic E-state index is 12.4. The Morgan fingerprint density at radius 2 is 1.96 bits per heavy atom. The number of hydrogen-bond acceptors (Lipinski definition) is 4. The number of aromatic nitrogens is 1. The quantitative estimate of drug-likeness (QED) is 0.759. The molecule has 2 rings (SSSR count). The number of methoxy groups -OCH3 is 1. The largest absolute Gasteiger partial charge is 0.485 e. The summed E-state index contributed by atoms with van der Waals surface area (Å²) < 4.78 is 34.5. The fraction of sp³-hybridized carbons (Fsp3) is 0.176. The summed E-state index contributed by atoms with van der Waals surface area (Å²) in [5.74, 6) is -0.446. The number of carbonyl (C=O) groups excluding carboxylic acids is 1. The fourth-order valence-electron chi connectivity index (χ4n) is 1.92. The Balaban J connectivity index is 2.45. The third kappa shape index (κ3) is 4.12. The molecule has 0 aliphatic carbocycles. The molecular formula is C17H15F2NO3. The number of rotatable bonds is 6. The second kappa shape index (κ2) is 7.49. The fourth-order valence-corrected chi connectivity index (χ4v) is 1.92. The normalized spacial score (nSPS) is 10.4. The molecule has 0 saturated heterocycles. The van der Waals surface area contributed by atoms with Crippen LogP contribution in [0.15, 0.2) is 43.0 Å². The number of hydrogen-bond donors (Lipinski definition) is 0. The maximum atomic E-state index is 12.4. The SMILES string of the molecule is C=Cc1ccc(-c2nc(C(=O)OC)ccc2OCC(F)F)cc1. The minimum absolute atomic E-state index is 0.0692. The molecule has 0 amide bonds. The van der Waals surface area contributed by atoms with Crippen LogP contribution in [0, 0.1) is 0 Å². The minimum atomic E-state index is -2.61. The average Bonchev–Trinajstić information content (AvgIpc) is 2.59. The van der Waals surface area contributed by atoms with Crippen molar-refractivity contribution in [2.45, 2.75) is 6.43 Å². The topological polar surface area (TPSA) is 48.4 Å². The maximum Gasteiger partial charge on any atom is 0.356 e. The molecule has 0 spiro atoms. The van der Waals surface area contributed by atoms with Crippen molar-refractivity contribution >= 4 is 12.0 Å². The van der Waals surface area contributed by atoms with Crippen molar-refractivity contribution in [3.8, 4) is 17.0 Å². The van der Waals surface area contributed by atoms with Crippen molar-refractivity contribution in [1.82, 2.24) is 4.98 Å². The standard InChI is InChI=1S/C17H15F2NO3/c1-3-11-4-6-12(7-5-11)16-14(23-10-15(18)19)9-8-13(20-16)17(21)22-2/h3-9,15H,1,10H2,2H3. The molecule has 4 nitrogen and oxygen atoms in total. The molecule has 0 saturated carbocycles. The lowest BCUT2D eigenvalue weighted by atomic mass is 10.1. The summed E-state index contributed by atoms with van der Waals surface area (Å²) >= 11 is 0. The van der Waals surface area contributed by atoms with Crippen molar-refractivity contribution in [1.29, 1.82) is 0 Å². The molecule has 0 N–H and O–H groups in total. The number of halogens is 2. The van der Waals surface area contributed by atoms with Gasteiger partial charge in [0.25, 0.3) is 6.43 Å². The molecule has 0 radical (unpaired) electrons.